The quantitative estimate of drug-likeness (QED) is 0.222. The molecule has 0 radical (unpaired) electrons. The molecule has 110 valence electrons. The van der Waals surface area contributed by atoms with Gasteiger partial charge in [0.15, 0.2) is 0 Å². The second-order valence-corrected chi connectivity index (χ2v) is 4.76. The largest absolute Gasteiger partial charge is 1.00 e. The zero-order valence-corrected chi connectivity index (χ0v) is 14.3. The van der Waals surface area contributed by atoms with Gasteiger partial charge < -0.3 is 9.90 Å². The maximum Gasteiger partial charge on any atom is 1.00 e. The van der Waals surface area contributed by atoms with Crippen molar-refractivity contribution in [2.75, 3.05) is 0 Å². The molecule has 1 aromatic carbocycles. The van der Waals surface area contributed by atoms with Gasteiger partial charge in [-0.2, -0.15) is 0 Å². The molecule has 0 aliphatic heterocycles. The number of carbonyl (C=O) groups is 1. The van der Waals surface area contributed by atoms with E-state index < -0.39 is 22.0 Å². The monoisotopic (exact) mass is 321 g/mol. The van der Waals surface area contributed by atoms with Gasteiger partial charge in [0.1, 0.15) is 5.65 Å². The molecule has 0 aliphatic rings. The van der Waals surface area contributed by atoms with Gasteiger partial charge in [-0.3, -0.25) is 19.3 Å². The minimum atomic E-state index is -1.62. The minimum Gasteiger partial charge on any atom is -0.545 e. The first-order valence-corrected chi connectivity index (χ1v) is 6.20. The Bertz CT molecular complexity index is 1030. The van der Waals surface area contributed by atoms with Crippen molar-refractivity contribution in [2.24, 2.45) is 0 Å². The zero-order chi connectivity index (χ0) is 16.0. The molecule has 0 aliphatic carbocycles. The minimum absolute atomic E-state index is 0. The number of nitro benzene ring substituents is 1. The number of hydrogen-bond acceptors (Lipinski definition) is 6. The molecule has 0 saturated carbocycles. The molecule has 8 nitrogen and oxygen atoms in total. The SMILES string of the molecule is Cc1cn2c(=O)c(C(=O)[O-])cnc2c2cc([N+](=O)[O-])ccc12.[Na+]. The fourth-order valence-electron chi connectivity index (χ4n) is 2.37. The van der Waals surface area contributed by atoms with Gasteiger partial charge in [-0.05, 0) is 23.9 Å². The molecule has 0 fully saturated rings. The van der Waals surface area contributed by atoms with E-state index in [1.165, 1.54) is 18.3 Å². The van der Waals surface area contributed by atoms with Crippen LogP contribution in [0.3, 0.4) is 0 Å². The molecule has 3 aromatic rings. The number of non-ortho nitro benzene ring substituents is 1. The Balaban J connectivity index is 0.00000192. The van der Waals surface area contributed by atoms with Crippen LogP contribution in [0.5, 0.6) is 0 Å². The van der Waals surface area contributed by atoms with Crippen LogP contribution in [0.1, 0.15) is 15.9 Å². The molecule has 0 bridgehead atoms. The number of aromatic carboxylic acids is 1. The van der Waals surface area contributed by atoms with Gasteiger partial charge in [-0.1, -0.05) is 0 Å². The van der Waals surface area contributed by atoms with E-state index in [0.717, 1.165) is 10.6 Å². The van der Waals surface area contributed by atoms with Crippen LogP contribution in [0.2, 0.25) is 0 Å². The number of carbonyl (C=O) groups excluding carboxylic acids is 1. The summed E-state index contributed by atoms with van der Waals surface area (Å²) in [5, 5.41) is 22.9. The number of nitrogens with zero attached hydrogens (tertiary/aromatic N) is 3. The Morgan fingerprint density at radius 2 is 2.00 bits per heavy atom. The first kappa shape index (κ1) is 17.1. The molecule has 0 spiro atoms. The number of carboxylic acid groups (broad SMARTS) is 1. The van der Waals surface area contributed by atoms with Crippen LogP contribution in [0.25, 0.3) is 16.4 Å². The van der Waals surface area contributed by atoms with E-state index in [1.807, 2.05) is 0 Å². The maximum absolute atomic E-state index is 12.2. The van der Waals surface area contributed by atoms with Crippen molar-refractivity contribution >= 4 is 28.1 Å². The van der Waals surface area contributed by atoms with E-state index in [9.17, 15) is 24.8 Å². The summed E-state index contributed by atoms with van der Waals surface area (Å²) in [5.41, 5.74) is -0.683. The van der Waals surface area contributed by atoms with Crippen molar-refractivity contribution in [3.63, 3.8) is 0 Å². The number of nitro groups is 1. The Morgan fingerprint density at radius 1 is 1.30 bits per heavy atom. The Labute approximate surface area is 150 Å². The number of fused-ring (bicyclic) bond motifs is 3. The van der Waals surface area contributed by atoms with Crippen molar-refractivity contribution in [2.45, 2.75) is 6.92 Å². The van der Waals surface area contributed by atoms with E-state index in [4.69, 9.17) is 0 Å². The standard InChI is InChI=1S/C14H9N3O5.Na/c1-7-6-16-12(15-5-11(13(16)18)14(19)20)10-4-8(17(21)22)2-3-9(7)10;/h2-6H,1H3,(H,19,20);/q;+1/p-1. The Hall–Kier alpha value is -2.29. The van der Waals surface area contributed by atoms with Crippen LogP contribution in [0, 0.1) is 17.0 Å². The maximum atomic E-state index is 12.2. The van der Waals surface area contributed by atoms with Crippen LogP contribution < -0.4 is 40.2 Å². The molecule has 3 rings (SSSR count). The summed E-state index contributed by atoms with van der Waals surface area (Å²) in [4.78, 5) is 37.4. The first-order valence-electron chi connectivity index (χ1n) is 6.20. The molecule has 9 heteroatoms. The van der Waals surface area contributed by atoms with Gasteiger partial charge >= 0.3 is 29.6 Å². The van der Waals surface area contributed by atoms with Crippen molar-refractivity contribution < 1.29 is 44.4 Å². The predicted molar refractivity (Wildman–Crippen MR) is 74.7 cm³/mol. The topological polar surface area (TPSA) is 118 Å². The second-order valence-electron chi connectivity index (χ2n) is 4.76. The van der Waals surface area contributed by atoms with Gasteiger partial charge in [-0.15, -0.1) is 0 Å². The third-order valence-electron chi connectivity index (χ3n) is 3.42. The van der Waals surface area contributed by atoms with Gasteiger partial charge in [0.25, 0.3) is 11.2 Å². The van der Waals surface area contributed by atoms with Crippen LogP contribution in [0.4, 0.5) is 5.69 Å². The molecule has 0 N–H and O–H groups in total. The van der Waals surface area contributed by atoms with Gasteiger partial charge in [-0.25, -0.2) is 4.98 Å². The average molecular weight is 321 g/mol. The molecule has 2 aromatic heterocycles. The van der Waals surface area contributed by atoms with E-state index in [0.29, 0.717) is 16.3 Å². The average Bonchev–Trinajstić information content (AvgIpc) is 2.47. The van der Waals surface area contributed by atoms with Crippen molar-refractivity contribution in [1.29, 1.82) is 0 Å². The predicted octanol–water partition coefficient (Wildman–Crippen LogP) is -2.57. The molecule has 2 heterocycles. The number of pyridine rings is 1. The molecular formula is C14H8N3NaO5. The van der Waals surface area contributed by atoms with E-state index >= 15 is 0 Å². The van der Waals surface area contributed by atoms with Crippen LogP contribution >= 0.6 is 0 Å². The summed E-state index contributed by atoms with van der Waals surface area (Å²) >= 11 is 0. The van der Waals surface area contributed by atoms with Crippen molar-refractivity contribution in [3.8, 4) is 0 Å². The summed E-state index contributed by atoms with van der Waals surface area (Å²) in [6, 6.07) is 4.24. The molecule has 0 amide bonds. The van der Waals surface area contributed by atoms with Gasteiger partial charge in [0.2, 0.25) is 0 Å². The summed E-state index contributed by atoms with van der Waals surface area (Å²) < 4.78 is 1.06. The third-order valence-corrected chi connectivity index (χ3v) is 3.42. The molecule has 0 unspecified atom stereocenters. The molecular weight excluding hydrogens is 313 g/mol. The first-order chi connectivity index (χ1) is 10.4. The fourth-order valence-corrected chi connectivity index (χ4v) is 2.37. The van der Waals surface area contributed by atoms with E-state index in [-0.39, 0.29) is 40.9 Å². The van der Waals surface area contributed by atoms with Crippen LogP contribution in [-0.4, -0.2) is 20.3 Å². The Morgan fingerprint density at radius 3 is 2.61 bits per heavy atom. The summed E-state index contributed by atoms with van der Waals surface area (Å²) in [5.74, 6) is -1.62. The number of benzene rings is 1. The summed E-state index contributed by atoms with van der Waals surface area (Å²) in [6.07, 6.45) is 2.35. The smallest absolute Gasteiger partial charge is 0.545 e. The normalized spacial score (nSPS) is 10.5. The second kappa shape index (κ2) is 6.07. The van der Waals surface area contributed by atoms with E-state index in [2.05, 4.69) is 4.98 Å². The Kier molecular flexibility index (Phi) is 4.51. The number of hydrogen-bond donors (Lipinski definition) is 0. The summed E-state index contributed by atoms with van der Waals surface area (Å²) in [6.45, 7) is 1.71. The summed E-state index contributed by atoms with van der Waals surface area (Å²) in [7, 11) is 0. The molecule has 0 saturated heterocycles. The molecule has 0 atom stereocenters. The number of rotatable bonds is 2. The van der Waals surface area contributed by atoms with Crippen LogP contribution in [0.15, 0.2) is 35.4 Å². The number of carboxylic acids is 1. The third kappa shape index (κ3) is 2.72. The van der Waals surface area contributed by atoms with Crippen LogP contribution in [-0.2, 0) is 0 Å². The molecule has 23 heavy (non-hydrogen) atoms. The number of aromatic nitrogens is 2. The van der Waals surface area contributed by atoms with Gasteiger partial charge in [0.05, 0.1) is 16.5 Å². The zero-order valence-electron chi connectivity index (χ0n) is 12.3. The van der Waals surface area contributed by atoms with Crippen molar-refractivity contribution in [3.05, 3.63) is 62.2 Å². The van der Waals surface area contributed by atoms with Crippen molar-refractivity contribution in [1.82, 2.24) is 9.38 Å². The number of aryl methyl sites for hydroxylation is 1. The van der Waals surface area contributed by atoms with E-state index in [1.54, 1.807) is 13.0 Å². The van der Waals surface area contributed by atoms with Gasteiger partial charge in [0, 0.05) is 29.9 Å². The fraction of sp³-hybridized carbons (Fsp3) is 0.0714.